The predicted octanol–water partition coefficient (Wildman–Crippen LogP) is 3.76. The number of hydrogen-bond donors (Lipinski definition) is 3. The molecule has 0 spiro atoms. The molecule has 19 nitrogen and oxygen atoms in total. The molecule has 0 amide bonds. The van der Waals surface area contributed by atoms with Crippen molar-refractivity contribution in [3.63, 3.8) is 0 Å². The molecule has 0 aromatic carbocycles. The van der Waals surface area contributed by atoms with Gasteiger partial charge in [-0.15, -0.1) is 0 Å². The zero-order valence-electron chi connectivity index (χ0n) is 35.8. The molecule has 4 heterocycles. The normalized spacial score (nSPS) is 19.7. The molecular weight excluding hydrogens is 735 g/mol. The van der Waals surface area contributed by atoms with Crippen molar-refractivity contribution in [2.45, 2.75) is 129 Å². The molecule has 2 aliphatic heterocycles. The average molecular weight is 798 g/mol. The fourth-order valence-electron chi connectivity index (χ4n) is 7.51. The van der Waals surface area contributed by atoms with E-state index >= 15 is 0 Å². The number of rotatable bonds is 18. The topological polar surface area (TPSA) is 216 Å². The van der Waals surface area contributed by atoms with Gasteiger partial charge in [-0.3, -0.25) is 9.80 Å². The first-order valence-corrected chi connectivity index (χ1v) is 19.6. The highest BCUT2D eigenvalue weighted by Gasteiger charge is 2.44. The van der Waals surface area contributed by atoms with Gasteiger partial charge in [0.15, 0.2) is 0 Å². The third-order valence-corrected chi connectivity index (χ3v) is 10.7. The van der Waals surface area contributed by atoms with E-state index in [0.29, 0.717) is 25.0 Å². The summed E-state index contributed by atoms with van der Waals surface area (Å²) in [7, 11) is 4.29. The quantitative estimate of drug-likeness (QED) is 0.111. The van der Waals surface area contributed by atoms with Crippen molar-refractivity contribution in [1.29, 1.82) is 0 Å². The zero-order chi connectivity index (χ0) is 42.0. The van der Waals surface area contributed by atoms with Gasteiger partial charge in [-0.05, 0) is 109 Å². The number of hydrogen-bond acceptors (Lipinski definition) is 19. The molecule has 0 atom stereocenters. The maximum atomic E-state index is 12.0. The van der Waals surface area contributed by atoms with Gasteiger partial charge >= 0.3 is 24.0 Å². The molecule has 0 aliphatic carbocycles. The van der Waals surface area contributed by atoms with Crippen LogP contribution in [0.25, 0.3) is 0 Å². The molecule has 4 rings (SSSR count). The SMILES string of the molecule is CCOC(=O)C=Nc1nc(NC2CC(C)(C)N(C)C(C)(C)C2)nc(OCCNCCOc2nc(N=CC(=O)OCC)nc(NC3CC(C)(C)N(C)C(C)(C)C3)n2)n1. The fourth-order valence-corrected chi connectivity index (χ4v) is 7.51. The number of carbonyl (C=O) groups is 2. The smallest absolute Gasteiger partial charge is 0.349 e. The Morgan fingerprint density at radius 1 is 0.632 bits per heavy atom. The highest BCUT2D eigenvalue weighted by Crippen LogP contribution is 2.39. The lowest BCUT2D eigenvalue weighted by atomic mass is 9.77. The van der Waals surface area contributed by atoms with Gasteiger partial charge in [0, 0.05) is 47.3 Å². The lowest BCUT2D eigenvalue weighted by molar-refractivity contribution is -0.135. The first kappa shape index (κ1) is 45.1. The first-order chi connectivity index (χ1) is 26.7. The molecule has 2 saturated heterocycles. The maximum Gasteiger partial charge on any atom is 0.349 e. The number of nitrogens with zero attached hydrogens (tertiary/aromatic N) is 10. The van der Waals surface area contributed by atoms with Crippen molar-refractivity contribution in [3.8, 4) is 12.0 Å². The number of aromatic nitrogens is 6. The molecular formula is C38H63N13O6. The molecule has 19 heteroatoms. The van der Waals surface area contributed by atoms with E-state index in [-0.39, 0.29) is 84.6 Å². The van der Waals surface area contributed by atoms with E-state index in [4.69, 9.17) is 18.9 Å². The van der Waals surface area contributed by atoms with Gasteiger partial charge in [-0.2, -0.15) is 29.9 Å². The third-order valence-electron chi connectivity index (χ3n) is 10.7. The molecule has 3 N–H and O–H groups in total. The molecule has 316 valence electrons. The van der Waals surface area contributed by atoms with Crippen LogP contribution in [0.1, 0.15) is 94.9 Å². The van der Waals surface area contributed by atoms with Crippen LogP contribution in [0.4, 0.5) is 23.8 Å². The first-order valence-electron chi connectivity index (χ1n) is 19.6. The van der Waals surface area contributed by atoms with Gasteiger partial charge < -0.3 is 34.9 Å². The van der Waals surface area contributed by atoms with E-state index in [0.717, 1.165) is 38.1 Å². The largest absolute Gasteiger partial charge is 0.462 e. The van der Waals surface area contributed by atoms with Gasteiger partial charge in [0.05, 0.1) is 13.2 Å². The van der Waals surface area contributed by atoms with Crippen molar-refractivity contribution in [1.82, 2.24) is 45.0 Å². The molecule has 2 aromatic heterocycles. The number of nitrogens with one attached hydrogen (secondary N) is 3. The minimum Gasteiger partial charge on any atom is -0.462 e. The monoisotopic (exact) mass is 798 g/mol. The van der Waals surface area contributed by atoms with Crippen LogP contribution in [-0.4, -0.2) is 152 Å². The predicted molar refractivity (Wildman–Crippen MR) is 218 cm³/mol. The van der Waals surface area contributed by atoms with Crippen molar-refractivity contribution >= 4 is 48.2 Å². The van der Waals surface area contributed by atoms with E-state index in [1.54, 1.807) is 13.8 Å². The Hall–Kier alpha value is -4.62. The van der Waals surface area contributed by atoms with Gasteiger partial charge in [-0.1, -0.05) is 0 Å². The molecule has 0 bridgehead atoms. The molecule has 2 aromatic rings. The number of piperidine rings is 2. The van der Waals surface area contributed by atoms with Crippen LogP contribution in [0.5, 0.6) is 12.0 Å². The summed E-state index contributed by atoms with van der Waals surface area (Å²) in [6.07, 6.45) is 5.52. The van der Waals surface area contributed by atoms with E-state index in [1.165, 1.54) is 0 Å². The summed E-state index contributed by atoms with van der Waals surface area (Å²) in [5.74, 6) is -0.558. The summed E-state index contributed by atoms with van der Waals surface area (Å²) >= 11 is 0. The summed E-state index contributed by atoms with van der Waals surface area (Å²) in [4.78, 5) is 63.4. The number of likely N-dealkylation sites (tertiary alicyclic amines) is 2. The minimum absolute atomic E-state index is 0.0174. The van der Waals surface area contributed by atoms with Gasteiger partial charge in [0.2, 0.25) is 11.9 Å². The molecule has 0 radical (unpaired) electrons. The number of aliphatic imine (C=N–C) groups is 2. The fraction of sp³-hybridized carbons (Fsp3) is 0.737. The number of ether oxygens (including phenoxy) is 4. The number of carbonyl (C=O) groups excluding carboxylic acids is 2. The Morgan fingerprint density at radius 2 is 0.982 bits per heavy atom. The van der Waals surface area contributed by atoms with Crippen LogP contribution in [0.2, 0.25) is 0 Å². The van der Waals surface area contributed by atoms with E-state index in [2.05, 4.69) is 135 Å². The lowest BCUT2D eigenvalue weighted by Gasteiger charge is -2.53. The van der Waals surface area contributed by atoms with Gasteiger partial charge in [0.1, 0.15) is 25.6 Å². The van der Waals surface area contributed by atoms with E-state index < -0.39 is 11.9 Å². The Labute approximate surface area is 336 Å². The van der Waals surface area contributed by atoms with Crippen LogP contribution in [-0.2, 0) is 19.1 Å². The van der Waals surface area contributed by atoms with Crippen LogP contribution in [0, 0.1) is 0 Å². The summed E-state index contributed by atoms with van der Waals surface area (Å²) in [6, 6.07) is 0.279. The van der Waals surface area contributed by atoms with Crippen molar-refractivity contribution in [2.24, 2.45) is 9.98 Å². The molecule has 0 unspecified atom stereocenters. The Bertz CT molecular complexity index is 1580. The second-order valence-electron chi connectivity index (χ2n) is 16.8. The summed E-state index contributed by atoms with van der Waals surface area (Å²) in [5.41, 5.74) is -0.236. The highest BCUT2D eigenvalue weighted by molar-refractivity contribution is 6.24. The summed E-state index contributed by atoms with van der Waals surface area (Å²) in [5, 5.41) is 10.2. The second kappa shape index (κ2) is 19.2. The number of esters is 2. The summed E-state index contributed by atoms with van der Waals surface area (Å²) in [6.45, 7) is 22.9. The van der Waals surface area contributed by atoms with E-state index in [1.807, 2.05) is 0 Å². The number of anilines is 2. The average Bonchev–Trinajstić information content (AvgIpc) is 3.10. The van der Waals surface area contributed by atoms with Crippen molar-refractivity contribution < 1.29 is 28.5 Å². The molecule has 57 heavy (non-hydrogen) atoms. The highest BCUT2D eigenvalue weighted by atomic mass is 16.5. The second-order valence-corrected chi connectivity index (χ2v) is 16.8. The Morgan fingerprint density at radius 3 is 1.32 bits per heavy atom. The van der Waals surface area contributed by atoms with Crippen LogP contribution in [0.3, 0.4) is 0 Å². The standard InChI is InChI=1S/C38H63N13O6/c1-13-54-27(52)23-40-29-44-31(42-25-19-35(3,4)50(11)36(5,6)20-25)48-33(46-29)56-17-15-39-16-18-57-34-47-30(41-24-28(53)55-14-2)45-32(49-34)43-26-21-37(7,8)51(12)38(9,10)22-26/h23-26,39H,13-22H2,1-12H3,(H,42,44,46,48)(H,43,45,47,49). The van der Waals surface area contributed by atoms with Gasteiger partial charge in [0.25, 0.3) is 11.9 Å². The third kappa shape index (κ3) is 13.2. The van der Waals surface area contributed by atoms with Crippen LogP contribution >= 0.6 is 0 Å². The van der Waals surface area contributed by atoms with Crippen LogP contribution in [0.15, 0.2) is 9.98 Å². The molecule has 2 aliphatic rings. The lowest BCUT2D eigenvalue weighted by Crippen LogP contribution is -2.61. The Kier molecular flexibility index (Phi) is 15.2. The maximum absolute atomic E-state index is 12.0. The van der Waals surface area contributed by atoms with Crippen molar-refractivity contribution in [3.05, 3.63) is 0 Å². The molecule has 0 saturated carbocycles. The Balaban J connectivity index is 1.37. The summed E-state index contributed by atoms with van der Waals surface area (Å²) < 4.78 is 21.7. The minimum atomic E-state index is -0.601. The van der Waals surface area contributed by atoms with Crippen molar-refractivity contribution in [2.75, 3.05) is 64.2 Å². The van der Waals surface area contributed by atoms with Gasteiger partial charge in [-0.25, -0.2) is 19.6 Å². The molecule has 2 fully saturated rings. The van der Waals surface area contributed by atoms with Crippen LogP contribution < -0.4 is 25.4 Å². The van der Waals surface area contributed by atoms with E-state index in [9.17, 15) is 9.59 Å². The zero-order valence-corrected chi connectivity index (χ0v) is 35.8.